The zero-order valence-corrected chi connectivity index (χ0v) is 19.8. The highest BCUT2D eigenvalue weighted by Crippen LogP contribution is 2.47. The second kappa shape index (κ2) is 9.84. The molecule has 1 aliphatic heterocycles. The van der Waals surface area contributed by atoms with Gasteiger partial charge in [0, 0.05) is 11.1 Å². The lowest BCUT2D eigenvalue weighted by Gasteiger charge is -2.29. The van der Waals surface area contributed by atoms with Crippen LogP contribution in [0.4, 0.5) is 13.2 Å². The first-order valence-corrected chi connectivity index (χ1v) is 10.9. The topological polar surface area (TPSA) is 103 Å². The summed E-state index contributed by atoms with van der Waals surface area (Å²) >= 11 is 0. The third-order valence-electron chi connectivity index (χ3n) is 5.85. The van der Waals surface area contributed by atoms with E-state index in [9.17, 15) is 22.8 Å². The van der Waals surface area contributed by atoms with Gasteiger partial charge in [-0.25, -0.2) is 14.7 Å². The Hall–Kier alpha value is -4.54. The van der Waals surface area contributed by atoms with Crippen LogP contribution < -0.4 is 15.2 Å². The third kappa shape index (κ3) is 4.55. The van der Waals surface area contributed by atoms with Crippen LogP contribution in [0.1, 0.15) is 11.1 Å². The van der Waals surface area contributed by atoms with E-state index in [1.54, 1.807) is 42.5 Å². The van der Waals surface area contributed by atoms with Gasteiger partial charge in [0.05, 0.1) is 14.2 Å². The molecule has 3 aromatic carbocycles. The molecule has 11 heteroatoms. The number of carbonyl (C=O) groups is 2. The van der Waals surface area contributed by atoms with Crippen molar-refractivity contribution in [2.75, 3.05) is 21.0 Å². The number of ether oxygens (including phenoxy) is 3. The molecule has 1 unspecified atom stereocenters. The number of nitrogens with two attached hydrogens (primary N) is 1. The molecule has 4 rings (SSSR count). The maximum Gasteiger partial charge on any atom is 0.490 e. The minimum atomic E-state index is -5.24. The first-order valence-electron chi connectivity index (χ1n) is 10.9. The Morgan fingerprint density at radius 3 is 2.35 bits per heavy atom. The van der Waals surface area contributed by atoms with Gasteiger partial charge in [0.15, 0.2) is 12.3 Å². The van der Waals surface area contributed by atoms with Crippen LogP contribution in [0.15, 0.2) is 77.8 Å². The van der Waals surface area contributed by atoms with Gasteiger partial charge in [-0.05, 0) is 23.3 Å². The summed E-state index contributed by atoms with van der Waals surface area (Å²) in [5.41, 5.74) is 6.19. The first kappa shape index (κ1) is 25.5. The Morgan fingerprint density at radius 1 is 1.00 bits per heavy atom. The second-order valence-electron chi connectivity index (χ2n) is 7.96. The number of guanidine groups is 1. The molecule has 0 aliphatic carbocycles. The maximum absolute atomic E-state index is 14.0. The highest BCUT2D eigenvalue weighted by molar-refractivity contribution is 6.09. The van der Waals surface area contributed by atoms with Crippen molar-refractivity contribution in [1.82, 2.24) is 4.90 Å². The minimum absolute atomic E-state index is 0.280. The van der Waals surface area contributed by atoms with Gasteiger partial charge in [0.2, 0.25) is 5.96 Å². The fourth-order valence-corrected chi connectivity index (χ4v) is 4.16. The molecular weight excluding hydrogens is 491 g/mol. The van der Waals surface area contributed by atoms with Crippen LogP contribution in [0.25, 0.3) is 11.1 Å². The lowest BCUT2D eigenvalue weighted by Crippen LogP contribution is -2.45. The van der Waals surface area contributed by atoms with Crippen molar-refractivity contribution in [2.24, 2.45) is 10.7 Å². The van der Waals surface area contributed by atoms with E-state index in [0.29, 0.717) is 27.5 Å². The summed E-state index contributed by atoms with van der Waals surface area (Å²) in [6, 6.07) is 20.8. The van der Waals surface area contributed by atoms with Crippen molar-refractivity contribution in [2.45, 2.75) is 11.7 Å². The number of para-hydroxylation sites is 1. The fourth-order valence-electron chi connectivity index (χ4n) is 4.16. The molecule has 0 saturated carbocycles. The molecule has 0 aromatic heterocycles. The normalized spacial score (nSPS) is 17.4. The molecule has 1 amide bonds. The summed E-state index contributed by atoms with van der Waals surface area (Å²) in [4.78, 5) is 30.4. The van der Waals surface area contributed by atoms with E-state index in [1.165, 1.54) is 14.2 Å². The number of aliphatic imine (C=N–C) groups is 1. The lowest BCUT2D eigenvalue weighted by molar-refractivity contribution is -0.202. The number of benzene rings is 3. The zero-order valence-electron chi connectivity index (χ0n) is 19.8. The average Bonchev–Trinajstić information content (AvgIpc) is 3.16. The summed E-state index contributed by atoms with van der Waals surface area (Å²) in [5, 5.41) is 0. The molecular formula is C26H22F3N3O5. The number of esters is 1. The van der Waals surface area contributed by atoms with Gasteiger partial charge in [0.25, 0.3) is 5.91 Å². The quantitative estimate of drug-likeness (QED) is 0.482. The van der Waals surface area contributed by atoms with E-state index in [1.807, 2.05) is 30.3 Å². The molecule has 37 heavy (non-hydrogen) atoms. The smallest absolute Gasteiger partial charge is 0.490 e. The van der Waals surface area contributed by atoms with Gasteiger partial charge in [0.1, 0.15) is 11.5 Å². The molecule has 2 N–H and O–H groups in total. The number of halogens is 3. The van der Waals surface area contributed by atoms with Crippen molar-refractivity contribution in [3.63, 3.8) is 0 Å². The van der Waals surface area contributed by atoms with Crippen molar-refractivity contribution in [1.29, 1.82) is 0 Å². The van der Waals surface area contributed by atoms with E-state index in [2.05, 4.69) is 9.73 Å². The zero-order chi connectivity index (χ0) is 26.8. The largest absolute Gasteiger partial charge is 0.497 e. The number of carbonyl (C=O) groups excluding carboxylic acids is 2. The van der Waals surface area contributed by atoms with E-state index < -0.39 is 36.3 Å². The molecule has 0 saturated heterocycles. The number of amides is 1. The molecule has 0 spiro atoms. The molecule has 0 fully saturated rings. The molecule has 0 radical (unpaired) electrons. The Labute approximate surface area is 210 Å². The Kier molecular flexibility index (Phi) is 6.80. The summed E-state index contributed by atoms with van der Waals surface area (Å²) in [6.07, 6.45) is -5.24. The number of methoxy groups -OCH3 is 2. The average molecular weight is 513 g/mol. The van der Waals surface area contributed by atoms with E-state index in [0.717, 1.165) is 5.56 Å². The Balaban J connectivity index is 1.91. The monoisotopic (exact) mass is 513 g/mol. The van der Waals surface area contributed by atoms with Crippen molar-refractivity contribution >= 4 is 17.8 Å². The fraction of sp³-hybridized carbons (Fsp3) is 0.192. The SMILES string of the molecule is COc1cccc(C2(c3cccc(-c4ccccc4)c3OC)N=C(N)N(COC(=O)C(F)(F)F)C2=O)c1. The van der Waals surface area contributed by atoms with Gasteiger partial charge in [-0.15, -0.1) is 0 Å². The highest BCUT2D eigenvalue weighted by Gasteiger charge is 2.53. The van der Waals surface area contributed by atoms with Crippen LogP contribution in [0.2, 0.25) is 0 Å². The van der Waals surface area contributed by atoms with Crippen molar-refractivity contribution < 1.29 is 37.0 Å². The van der Waals surface area contributed by atoms with Crippen LogP contribution in [-0.2, 0) is 19.9 Å². The molecule has 8 nitrogen and oxygen atoms in total. The van der Waals surface area contributed by atoms with Crippen LogP contribution in [0.5, 0.6) is 11.5 Å². The van der Waals surface area contributed by atoms with Gasteiger partial charge in [-0.3, -0.25) is 4.79 Å². The van der Waals surface area contributed by atoms with Crippen LogP contribution in [0.3, 0.4) is 0 Å². The molecule has 1 atom stereocenters. The van der Waals surface area contributed by atoms with Gasteiger partial charge >= 0.3 is 12.1 Å². The minimum Gasteiger partial charge on any atom is -0.497 e. The summed E-state index contributed by atoms with van der Waals surface area (Å²) in [6.45, 7) is -1.08. The number of hydrogen-bond donors (Lipinski definition) is 1. The number of hydrogen-bond acceptors (Lipinski definition) is 7. The van der Waals surface area contributed by atoms with Crippen LogP contribution >= 0.6 is 0 Å². The third-order valence-corrected chi connectivity index (χ3v) is 5.85. The number of alkyl halides is 3. The summed E-state index contributed by atoms with van der Waals surface area (Å²) in [7, 11) is 2.87. The Bertz CT molecular complexity index is 1360. The number of rotatable bonds is 7. The number of nitrogens with zero attached hydrogens (tertiary/aromatic N) is 2. The van der Waals surface area contributed by atoms with Crippen molar-refractivity contribution in [3.05, 3.63) is 83.9 Å². The predicted molar refractivity (Wildman–Crippen MR) is 128 cm³/mol. The standard InChI is InChI=1S/C26H22F3N3O5/c1-35-18-11-6-10-17(14-18)25(22(33)32(24(30)31-25)15-37-23(34)26(27,28)29)20-13-7-12-19(21(20)36-2)16-8-4-3-5-9-16/h3-14H,15H2,1-2H3,(H2,30,31). The first-order chi connectivity index (χ1) is 17.6. The highest BCUT2D eigenvalue weighted by atomic mass is 19.4. The van der Waals surface area contributed by atoms with E-state index >= 15 is 0 Å². The van der Waals surface area contributed by atoms with Gasteiger partial charge < -0.3 is 19.9 Å². The predicted octanol–water partition coefficient (Wildman–Crippen LogP) is 3.83. The summed E-state index contributed by atoms with van der Waals surface area (Å²) in [5.74, 6) is -3.03. The van der Waals surface area contributed by atoms with E-state index in [-0.39, 0.29) is 5.56 Å². The van der Waals surface area contributed by atoms with Crippen LogP contribution in [0, 0.1) is 0 Å². The summed E-state index contributed by atoms with van der Waals surface area (Å²) < 4.78 is 53.5. The Morgan fingerprint density at radius 2 is 1.70 bits per heavy atom. The van der Waals surface area contributed by atoms with Crippen LogP contribution in [-0.4, -0.2) is 49.9 Å². The maximum atomic E-state index is 14.0. The van der Waals surface area contributed by atoms with E-state index in [4.69, 9.17) is 15.2 Å². The second-order valence-corrected chi connectivity index (χ2v) is 7.96. The molecule has 1 heterocycles. The molecule has 0 bridgehead atoms. The van der Waals surface area contributed by atoms with Gasteiger partial charge in [-0.1, -0.05) is 60.7 Å². The lowest BCUT2D eigenvalue weighted by atomic mass is 9.80. The molecule has 1 aliphatic rings. The molecule has 192 valence electrons. The van der Waals surface area contributed by atoms with Crippen molar-refractivity contribution in [3.8, 4) is 22.6 Å². The van der Waals surface area contributed by atoms with Gasteiger partial charge in [-0.2, -0.15) is 13.2 Å². The molecule has 3 aromatic rings.